The Balaban J connectivity index is 2.06. The number of nitrogens with zero attached hydrogens (tertiary/aromatic N) is 1. The van der Waals surface area contributed by atoms with E-state index in [0.29, 0.717) is 5.88 Å². The van der Waals surface area contributed by atoms with E-state index in [1.807, 2.05) is 48.9 Å². The number of thioether (sulfide) groups is 1. The first-order valence-electron chi connectivity index (χ1n) is 6.30. The monoisotopic (exact) mass is 274 g/mol. The largest absolute Gasteiger partial charge is 0.438 e. The summed E-state index contributed by atoms with van der Waals surface area (Å²) in [4.78, 5) is 5.44. The molecule has 0 aliphatic heterocycles. The van der Waals surface area contributed by atoms with Crippen molar-refractivity contribution in [3.63, 3.8) is 0 Å². The maximum Gasteiger partial charge on any atom is 0.219 e. The summed E-state index contributed by atoms with van der Waals surface area (Å²) in [5.41, 5.74) is 1.16. The average Bonchev–Trinajstić information content (AvgIpc) is 2.47. The Morgan fingerprint density at radius 1 is 1.21 bits per heavy atom. The summed E-state index contributed by atoms with van der Waals surface area (Å²) in [7, 11) is 0. The zero-order chi connectivity index (χ0) is 13.5. The predicted octanol–water partition coefficient (Wildman–Crippen LogP) is 3.71. The lowest BCUT2D eigenvalue weighted by atomic mass is 10.3. The number of nitrogens with one attached hydrogen (secondary N) is 1. The van der Waals surface area contributed by atoms with Crippen LogP contribution in [0, 0.1) is 0 Å². The highest BCUT2D eigenvalue weighted by Crippen LogP contribution is 2.30. The van der Waals surface area contributed by atoms with Gasteiger partial charge in [0.25, 0.3) is 0 Å². The Kier molecular flexibility index (Phi) is 5.24. The van der Waals surface area contributed by atoms with Crippen LogP contribution in [0.4, 0.5) is 0 Å². The maximum absolute atomic E-state index is 5.81. The number of aromatic nitrogens is 1. The third-order valence-electron chi connectivity index (χ3n) is 2.66. The van der Waals surface area contributed by atoms with Crippen LogP contribution < -0.4 is 10.1 Å². The second-order valence-corrected chi connectivity index (χ2v) is 4.89. The Morgan fingerprint density at radius 3 is 2.74 bits per heavy atom. The second-order valence-electron chi connectivity index (χ2n) is 4.04. The quantitative estimate of drug-likeness (QED) is 0.814. The van der Waals surface area contributed by atoms with E-state index in [1.165, 1.54) is 0 Å². The number of rotatable bonds is 6. The van der Waals surface area contributed by atoms with Crippen LogP contribution in [0.25, 0.3) is 0 Å². The van der Waals surface area contributed by atoms with Gasteiger partial charge < -0.3 is 10.1 Å². The highest BCUT2D eigenvalue weighted by Gasteiger charge is 2.04. The summed E-state index contributed by atoms with van der Waals surface area (Å²) in [6.45, 7) is 3.88. The Hall–Kier alpha value is -1.52. The fraction of sp³-hybridized carbons (Fsp3) is 0.267. The molecular formula is C15H18N2OS. The molecule has 1 aromatic heterocycles. The second kappa shape index (κ2) is 7.16. The van der Waals surface area contributed by atoms with Crippen molar-refractivity contribution in [1.29, 1.82) is 0 Å². The van der Waals surface area contributed by atoms with Crippen molar-refractivity contribution in [2.75, 3.05) is 12.8 Å². The Labute approximate surface area is 118 Å². The van der Waals surface area contributed by atoms with Crippen LogP contribution in [0.3, 0.4) is 0 Å². The molecule has 0 radical (unpaired) electrons. The van der Waals surface area contributed by atoms with Crippen LogP contribution in [0.5, 0.6) is 11.6 Å². The van der Waals surface area contributed by atoms with E-state index in [1.54, 1.807) is 11.8 Å². The van der Waals surface area contributed by atoms with E-state index in [0.717, 1.165) is 29.3 Å². The van der Waals surface area contributed by atoms with E-state index in [2.05, 4.69) is 17.2 Å². The normalized spacial score (nSPS) is 10.4. The molecule has 1 aromatic carbocycles. The minimum Gasteiger partial charge on any atom is -0.438 e. The van der Waals surface area contributed by atoms with Gasteiger partial charge in [0.1, 0.15) is 5.75 Å². The summed E-state index contributed by atoms with van der Waals surface area (Å²) in [5.74, 6) is 1.48. The molecule has 0 aliphatic carbocycles. The van der Waals surface area contributed by atoms with Gasteiger partial charge in [0, 0.05) is 23.7 Å². The summed E-state index contributed by atoms with van der Waals surface area (Å²) in [5, 5.41) is 3.27. The van der Waals surface area contributed by atoms with Crippen LogP contribution in [0.1, 0.15) is 12.5 Å². The molecule has 0 aliphatic rings. The molecule has 1 heterocycles. The molecule has 0 saturated carbocycles. The minimum absolute atomic E-state index is 0.627. The van der Waals surface area contributed by atoms with E-state index < -0.39 is 0 Å². The molecule has 2 aromatic rings. The van der Waals surface area contributed by atoms with Gasteiger partial charge in [-0.2, -0.15) is 0 Å². The standard InChI is InChI=1S/C15H18N2OS/c1-3-16-10-12-8-9-15(17-11-12)18-13-6-4-5-7-14(13)19-2/h4-9,11,16H,3,10H2,1-2H3. The lowest BCUT2D eigenvalue weighted by Crippen LogP contribution is -2.11. The number of ether oxygens (including phenoxy) is 1. The summed E-state index contributed by atoms with van der Waals surface area (Å²) in [6, 6.07) is 11.9. The van der Waals surface area contributed by atoms with Crippen molar-refractivity contribution < 1.29 is 4.74 Å². The number of pyridine rings is 1. The van der Waals surface area contributed by atoms with Crippen molar-refractivity contribution in [3.8, 4) is 11.6 Å². The van der Waals surface area contributed by atoms with E-state index in [4.69, 9.17) is 4.74 Å². The molecule has 0 spiro atoms. The van der Waals surface area contributed by atoms with Crippen molar-refractivity contribution in [3.05, 3.63) is 48.2 Å². The smallest absolute Gasteiger partial charge is 0.219 e. The van der Waals surface area contributed by atoms with Gasteiger partial charge in [-0.3, -0.25) is 0 Å². The van der Waals surface area contributed by atoms with Gasteiger partial charge in [-0.25, -0.2) is 4.98 Å². The van der Waals surface area contributed by atoms with Crippen molar-refractivity contribution in [2.24, 2.45) is 0 Å². The highest BCUT2D eigenvalue weighted by atomic mass is 32.2. The molecule has 4 heteroatoms. The van der Waals surface area contributed by atoms with Gasteiger partial charge >= 0.3 is 0 Å². The molecule has 0 saturated heterocycles. The molecule has 0 amide bonds. The zero-order valence-electron chi connectivity index (χ0n) is 11.2. The molecule has 2 rings (SSSR count). The number of hydrogen-bond acceptors (Lipinski definition) is 4. The molecule has 0 bridgehead atoms. The SMILES string of the molecule is CCNCc1ccc(Oc2ccccc2SC)nc1. The fourth-order valence-electron chi connectivity index (χ4n) is 1.66. The van der Waals surface area contributed by atoms with Gasteiger partial charge in [0.2, 0.25) is 5.88 Å². The molecule has 0 unspecified atom stereocenters. The Morgan fingerprint density at radius 2 is 2.05 bits per heavy atom. The van der Waals surface area contributed by atoms with E-state index in [9.17, 15) is 0 Å². The van der Waals surface area contributed by atoms with Crippen molar-refractivity contribution in [2.45, 2.75) is 18.4 Å². The Bertz CT molecular complexity index is 514. The number of hydrogen-bond donors (Lipinski definition) is 1. The van der Waals surface area contributed by atoms with Gasteiger partial charge in [-0.15, -0.1) is 11.8 Å². The average molecular weight is 274 g/mol. The van der Waals surface area contributed by atoms with Crippen LogP contribution in [0.2, 0.25) is 0 Å². The van der Waals surface area contributed by atoms with Crippen LogP contribution >= 0.6 is 11.8 Å². The predicted molar refractivity (Wildman–Crippen MR) is 79.9 cm³/mol. The molecule has 1 N–H and O–H groups in total. The van der Waals surface area contributed by atoms with E-state index in [-0.39, 0.29) is 0 Å². The molecular weight excluding hydrogens is 256 g/mol. The third kappa shape index (κ3) is 3.98. The van der Waals surface area contributed by atoms with Crippen molar-refractivity contribution in [1.82, 2.24) is 10.3 Å². The van der Waals surface area contributed by atoms with Gasteiger partial charge in [0.05, 0.1) is 0 Å². The van der Waals surface area contributed by atoms with Gasteiger partial charge in [-0.05, 0) is 30.5 Å². The van der Waals surface area contributed by atoms with Crippen LogP contribution in [0.15, 0.2) is 47.5 Å². The lowest BCUT2D eigenvalue weighted by molar-refractivity contribution is 0.451. The van der Waals surface area contributed by atoms with Gasteiger partial charge in [-0.1, -0.05) is 25.1 Å². The first-order valence-corrected chi connectivity index (χ1v) is 7.52. The first kappa shape index (κ1) is 13.9. The van der Waals surface area contributed by atoms with E-state index >= 15 is 0 Å². The summed E-state index contributed by atoms with van der Waals surface area (Å²) < 4.78 is 5.81. The summed E-state index contributed by atoms with van der Waals surface area (Å²) >= 11 is 1.67. The zero-order valence-corrected chi connectivity index (χ0v) is 12.0. The highest BCUT2D eigenvalue weighted by molar-refractivity contribution is 7.98. The third-order valence-corrected chi connectivity index (χ3v) is 3.44. The molecule has 0 atom stereocenters. The minimum atomic E-state index is 0.627. The molecule has 3 nitrogen and oxygen atoms in total. The molecule has 19 heavy (non-hydrogen) atoms. The molecule has 0 fully saturated rings. The van der Waals surface area contributed by atoms with Crippen LogP contribution in [-0.2, 0) is 6.54 Å². The number of benzene rings is 1. The number of para-hydroxylation sites is 1. The van der Waals surface area contributed by atoms with Crippen LogP contribution in [-0.4, -0.2) is 17.8 Å². The topological polar surface area (TPSA) is 34.1 Å². The van der Waals surface area contributed by atoms with Crippen molar-refractivity contribution >= 4 is 11.8 Å². The molecule has 100 valence electrons. The van der Waals surface area contributed by atoms with Gasteiger partial charge in [0.15, 0.2) is 0 Å². The fourth-order valence-corrected chi connectivity index (χ4v) is 2.19. The lowest BCUT2D eigenvalue weighted by Gasteiger charge is -2.09. The summed E-state index contributed by atoms with van der Waals surface area (Å²) in [6.07, 6.45) is 3.88. The first-order chi connectivity index (χ1) is 9.33. The maximum atomic E-state index is 5.81.